The Morgan fingerprint density at radius 2 is 1.86 bits per heavy atom. The summed E-state index contributed by atoms with van der Waals surface area (Å²) in [6.07, 6.45) is 7.10. The van der Waals surface area contributed by atoms with Gasteiger partial charge in [0.05, 0.1) is 0 Å². The van der Waals surface area contributed by atoms with Crippen molar-refractivity contribution in [3.63, 3.8) is 0 Å². The van der Waals surface area contributed by atoms with Crippen LogP contribution in [0.25, 0.3) is 0 Å². The van der Waals surface area contributed by atoms with Gasteiger partial charge < -0.3 is 5.32 Å². The highest BCUT2D eigenvalue weighted by Crippen LogP contribution is 2.40. The first kappa shape index (κ1) is 16.8. The van der Waals surface area contributed by atoms with Gasteiger partial charge >= 0.3 is 0 Å². The molecule has 0 heterocycles. The second-order valence-corrected chi connectivity index (χ2v) is 7.98. The van der Waals surface area contributed by atoms with Crippen molar-refractivity contribution in [1.82, 2.24) is 5.32 Å². The minimum absolute atomic E-state index is 0.107. The van der Waals surface area contributed by atoms with E-state index in [1.807, 2.05) is 0 Å². The van der Waals surface area contributed by atoms with E-state index in [4.69, 9.17) is 11.6 Å². The van der Waals surface area contributed by atoms with Crippen molar-refractivity contribution < 1.29 is 4.39 Å². The molecule has 1 N–H and O–H groups in total. The van der Waals surface area contributed by atoms with Gasteiger partial charge in [-0.2, -0.15) is 0 Å². The molecule has 1 aliphatic rings. The first-order valence-electron chi connectivity index (χ1n) is 7.99. The van der Waals surface area contributed by atoms with Crippen LogP contribution in [0.15, 0.2) is 18.2 Å². The normalized spacial score (nSPS) is 18.7. The second-order valence-electron chi connectivity index (χ2n) is 7.58. The Hall–Kier alpha value is -0.600. The van der Waals surface area contributed by atoms with Crippen molar-refractivity contribution in [3.05, 3.63) is 34.6 Å². The maximum Gasteiger partial charge on any atom is 0.123 e. The van der Waals surface area contributed by atoms with E-state index in [0.29, 0.717) is 5.02 Å². The summed E-state index contributed by atoms with van der Waals surface area (Å²) in [4.78, 5) is 0. The Labute approximate surface area is 133 Å². The van der Waals surface area contributed by atoms with Crippen LogP contribution in [0.3, 0.4) is 0 Å². The van der Waals surface area contributed by atoms with E-state index in [-0.39, 0.29) is 16.8 Å². The molecule has 0 saturated heterocycles. The number of rotatable bonds is 4. The largest absolute Gasteiger partial charge is 0.312 e. The number of halogens is 2. The zero-order valence-corrected chi connectivity index (χ0v) is 14.2. The number of hydrogen-bond acceptors (Lipinski definition) is 1. The Morgan fingerprint density at radius 3 is 2.48 bits per heavy atom. The first-order valence-corrected chi connectivity index (χ1v) is 8.37. The second kappa shape index (κ2) is 6.66. The lowest BCUT2D eigenvalue weighted by Crippen LogP contribution is -2.45. The molecular formula is C18H27ClFN. The highest BCUT2D eigenvalue weighted by atomic mass is 35.5. The van der Waals surface area contributed by atoms with Crippen LogP contribution in [-0.2, 0) is 6.42 Å². The van der Waals surface area contributed by atoms with Crippen LogP contribution in [0.4, 0.5) is 4.39 Å². The Bertz CT molecular complexity index is 473. The summed E-state index contributed by atoms with van der Waals surface area (Å²) in [7, 11) is 0. The molecule has 118 valence electrons. The van der Waals surface area contributed by atoms with Crippen LogP contribution in [0.1, 0.15) is 58.4 Å². The molecule has 0 bridgehead atoms. The molecule has 0 amide bonds. The summed E-state index contributed by atoms with van der Waals surface area (Å²) < 4.78 is 13.5. The van der Waals surface area contributed by atoms with Crippen molar-refractivity contribution in [1.29, 1.82) is 0 Å². The smallest absolute Gasteiger partial charge is 0.123 e. The molecule has 1 fully saturated rings. The molecule has 0 aliphatic heterocycles. The van der Waals surface area contributed by atoms with Crippen LogP contribution in [-0.4, -0.2) is 12.1 Å². The fraction of sp³-hybridized carbons (Fsp3) is 0.667. The molecule has 1 saturated carbocycles. The predicted octanol–water partition coefficient (Wildman–Crippen LogP) is 5.36. The van der Waals surface area contributed by atoms with Crippen LogP contribution in [0.5, 0.6) is 0 Å². The van der Waals surface area contributed by atoms with E-state index in [9.17, 15) is 4.39 Å². The van der Waals surface area contributed by atoms with Crippen molar-refractivity contribution in [2.75, 3.05) is 6.54 Å². The lowest BCUT2D eigenvalue weighted by Gasteiger charge is -2.40. The minimum atomic E-state index is -0.191. The van der Waals surface area contributed by atoms with Gasteiger partial charge in [0.2, 0.25) is 0 Å². The van der Waals surface area contributed by atoms with E-state index in [1.54, 1.807) is 12.1 Å². The van der Waals surface area contributed by atoms with Crippen molar-refractivity contribution >= 4 is 11.6 Å². The third kappa shape index (κ3) is 4.96. The predicted molar refractivity (Wildman–Crippen MR) is 88.4 cm³/mol. The standard InChI is InChI=1S/C18H27ClFN/c1-17(2,3)21-13-18(9-5-4-6-10-18)12-14-11-15(20)7-8-16(14)19/h7-8,11,21H,4-6,9-10,12-13H2,1-3H3. The summed E-state index contributed by atoms with van der Waals surface area (Å²) in [5, 5.41) is 4.34. The van der Waals surface area contributed by atoms with Crippen molar-refractivity contribution in [2.45, 2.75) is 64.8 Å². The Balaban J connectivity index is 2.17. The van der Waals surface area contributed by atoms with Gasteiger partial charge in [0.1, 0.15) is 5.82 Å². The molecular weight excluding hydrogens is 285 g/mol. The van der Waals surface area contributed by atoms with E-state index < -0.39 is 0 Å². The SMILES string of the molecule is CC(C)(C)NCC1(Cc2cc(F)ccc2Cl)CCCCC1. The number of hydrogen-bond donors (Lipinski definition) is 1. The van der Waals surface area contributed by atoms with Crippen LogP contribution >= 0.6 is 11.6 Å². The summed E-state index contributed by atoms with van der Waals surface area (Å²) in [5.74, 6) is -0.191. The van der Waals surface area contributed by atoms with Gasteiger partial charge in [-0.05, 0) is 69.2 Å². The third-order valence-corrected chi connectivity index (χ3v) is 4.85. The molecule has 21 heavy (non-hydrogen) atoms. The highest BCUT2D eigenvalue weighted by molar-refractivity contribution is 6.31. The average molecular weight is 312 g/mol. The molecule has 0 radical (unpaired) electrons. The maximum absolute atomic E-state index is 13.5. The first-order chi connectivity index (χ1) is 9.80. The molecule has 0 unspecified atom stereocenters. The Kier molecular flexibility index (Phi) is 5.32. The van der Waals surface area contributed by atoms with Crippen LogP contribution in [0, 0.1) is 11.2 Å². The molecule has 0 atom stereocenters. The number of nitrogens with one attached hydrogen (secondary N) is 1. The van der Waals surface area contributed by atoms with Crippen LogP contribution < -0.4 is 5.32 Å². The van der Waals surface area contributed by atoms with Gasteiger partial charge in [-0.3, -0.25) is 0 Å². The fourth-order valence-corrected chi connectivity index (χ4v) is 3.44. The molecule has 1 aromatic rings. The van der Waals surface area contributed by atoms with E-state index in [1.165, 1.54) is 38.2 Å². The van der Waals surface area contributed by atoms with Gasteiger partial charge in [0.25, 0.3) is 0 Å². The van der Waals surface area contributed by atoms with Gasteiger partial charge in [0.15, 0.2) is 0 Å². The van der Waals surface area contributed by atoms with E-state index >= 15 is 0 Å². The van der Waals surface area contributed by atoms with E-state index in [2.05, 4.69) is 26.1 Å². The van der Waals surface area contributed by atoms with Crippen molar-refractivity contribution in [2.24, 2.45) is 5.41 Å². The minimum Gasteiger partial charge on any atom is -0.312 e. The van der Waals surface area contributed by atoms with Crippen molar-refractivity contribution in [3.8, 4) is 0 Å². The molecule has 1 nitrogen and oxygen atoms in total. The van der Waals surface area contributed by atoms with Crippen LogP contribution in [0.2, 0.25) is 5.02 Å². The molecule has 1 aromatic carbocycles. The van der Waals surface area contributed by atoms with Gasteiger partial charge in [-0.25, -0.2) is 4.39 Å². The molecule has 0 aromatic heterocycles. The molecule has 1 aliphatic carbocycles. The quantitative estimate of drug-likeness (QED) is 0.789. The van der Waals surface area contributed by atoms with Gasteiger partial charge in [-0.1, -0.05) is 30.9 Å². The Morgan fingerprint density at radius 1 is 1.19 bits per heavy atom. The van der Waals surface area contributed by atoms with Gasteiger partial charge in [-0.15, -0.1) is 0 Å². The third-order valence-electron chi connectivity index (χ3n) is 4.48. The zero-order chi connectivity index (χ0) is 15.5. The van der Waals surface area contributed by atoms with Gasteiger partial charge in [0, 0.05) is 17.1 Å². The summed E-state index contributed by atoms with van der Waals surface area (Å²) in [6, 6.07) is 4.72. The number of benzene rings is 1. The van der Waals surface area contributed by atoms with E-state index in [0.717, 1.165) is 18.5 Å². The molecule has 0 spiro atoms. The molecule has 2 rings (SSSR count). The lowest BCUT2D eigenvalue weighted by molar-refractivity contribution is 0.165. The average Bonchev–Trinajstić information content (AvgIpc) is 2.41. The zero-order valence-electron chi connectivity index (χ0n) is 13.4. The summed E-state index contributed by atoms with van der Waals surface area (Å²) in [6.45, 7) is 7.55. The monoisotopic (exact) mass is 311 g/mol. The lowest BCUT2D eigenvalue weighted by atomic mass is 9.70. The highest BCUT2D eigenvalue weighted by Gasteiger charge is 2.33. The maximum atomic E-state index is 13.5. The fourth-order valence-electron chi connectivity index (χ4n) is 3.25. The summed E-state index contributed by atoms with van der Waals surface area (Å²) in [5.41, 5.74) is 1.27. The summed E-state index contributed by atoms with van der Waals surface area (Å²) >= 11 is 6.28. The topological polar surface area (TPSA) is 12.0 Å². The molecule has 3 heteroatoms.